The van der Waals surface area contributed by atoms with E-state index in [0.29, 0.717) is 6.04 Å². The summed E-state index contributed by atoms with van der Waals surface area (Å²) in [5, 5.41) is 3.37. The van der Waals surface area contributed by atoms with E-state index in [9.17, 15) is 4.39 Å². The zero-order valence-corrected chi connectivity index (χ0v) is 11.1. The predicted molar refractivity (Wildman–Crippen MR) is 71.9 cm³/mol. The van der Waals surface area contributed by atoms with Crippen molar-refractivity contribution >= 4 is 11.8 Å². The molecule has 1 aliphatic carbocycles. The first kappa shape index (κ1) is 12.9. The van der Waals surface area contributed by atoms with Gasteiger partial charge in [0, 0.05) is 16.7 Å². The third-order valence-electron chi connectivity index (χ3n) is 3.50. The third-order valence-corrected chi connectivity index (χ3v) is 4.65. The molecule has 0 aromatic heterocycles. The Hall–Kier alpha value is -0.540. The molecule has 1 aromatic rings. The molecule has 1 unspecified atom stereocenters. The van der Waals surface area contributed by atoms with Gasteiger partial charge in [0.2, 0.25) is 0 Å². The highest BCUT2D eigenvalue weighted by Crippen LogP contribution is 2.31. The summed E-state index contributed by atoms with van der Waals surface area (Å²) in [4.78, 5) is 1.03. The fraction of sp³-hybridized carbons (Fsp3) is 0.571. The van der Waals surface area contributed by atoms with Crippen LogP contribution in [0.2, 0.25) is 0 Å². The number of hydrogen-bond acceptors (Lipinski definition) is 2. The highest BCUT2D eigenvalue weighted by molar-refractivity contribution is 7.99. The lowest BCUT2D eigenvalue weighted by atomic mass is 9.81. The second-order valence-electron chi connectivity index (χ2n) is 4.79. The van der Waals surface area contributed by atoms with Crippen LogP contribution in [-0.2, 0) is 0 Å². The summed E-state index contributed by atoms with van der Waals surface area (Å²) in [7, 11) is 2.02. The van der Waals surface area contributed by atoms with E-state index in [2.05, 4.69) is 5.32 Å². The largest absolute Gasteiger partial charge is 0.316 e. The van der Waals surface area contributed by atoms with Crippen molar-refractivity contribution in [3.05, 3.63) is 30.1 Å². The number of thioether (sulfide) groups is 1. The van der Waals surface area contributed by atoms with Gasteiger partial charge in [-0.05, 0) is 37.6 Å². The van der Waals surface area contributed by atoms with Crippen molar-refractivity contribution in [2.75, 3.05) is 12.8 Å². The van der Waals surface area contributed by atoms with Crippen LogP contribution in [0, 0.1) is 11.7 Å². The molecule has 1 aliphatic rings. The van der Waals surface area contributed by atoms with E-state index < -0.39 is 0 Å². The van der Waals surface area contributed by atoms with Crippen LogP contribution in [0.25, 0.3) is 0 Å². The summed E-state index contributed by atoms with van der Waals surface area (Å²) in [6.07, 6.45) is 5.45. The maximum Gasteiger partial charge on any atom is 0.124 e. The van der Waals surface area contributed by atoms with Crippen molar-refractivity contribution < 1.29 is 4.39 Å². The predicted octanol–water partition coefficient (Wildman–Crippen LogP) is 3.70. The minimum atomic E-state index is -0.144. The van der Waals surface area contributed by atoms with Gasteiger partial charge in [-0.1, -0.05) is 25.3 Å². The molecule has 0 saturated heterocycles. The molecule has 1 atom stereocenters. The molecule has 1 fully saturated rings. The fourth-order valence-corrected chi connectivity index (χ4v) is 3.22. The lowest BCUT2D eigenvalue weighted by Gasteiger charge is -2.29. The van der Waals surface area contributed by atoms with E-state index in [1.54, 1.807) is 23.9 Å². The molecule has 0 amide bonds. The minimum absolute atomic E-state index is 0.144. The summed E-state index contributed by atoms with van der Waals surface area (Å²) in [5.74, 6) is 1.80. The molecule has 2 rings (SSSR count). The van der Waals surface area contributed by atoms with E-state index in [4.69, 9.17) is 0 Å². The Morgan fingerprint density at radius 3 is 2.88 bits per heavy atom. The van der Waals surface area contributed by atoms with Crippen LogP contribution >= 0.6 is 11.8 Å². The average molecular weight is 253 g/mol. The van der Waals surface area contributed by atoms with Crippen molar-refractivity contribution in [3.63, 3.8) is 0 Å². The summed E-state index contributed by atoms with van der Waals surface area (Å²) in [6, 6.07) is 7.41. The number of benzene rings is 1. The van der Waals surface area contributed by atoms with Gasteiger partial charge in [-0.15, -0.1) is 11.8 Å². The van der Waals surface area contributed by atoms with Crippen LogP contribution in [0.3, 0.4) is 0 Å². The Labute approximate surface area is 107 Å². The molecule has 1 saturated carbocycles. The molecular weight excluding hydrogens is 233 g/mol. The third kappa shape index (κ3) is 4.00. The van der Waals surface area contributed by atoms with Gasteiger partial charge in [0.15, 0.2) is 0 Å². The topological polar surface area (TPSA) is 12.0 Å². The van der Waals surface area contributed by atoms with E-state index in [1.807, 2.05) is 13.1 Å². The molecule has 0 radical (unpaired) electrons. The second kappa shape index (κ2) is 6.41. The lowest BCUT2D eigenvalue weighted by Crippen LogP contribution is -2.32. The zero-order valence-electron chi connectivity index (χ0n) is 10.3. The molecule has 17 heavy (non-hydrogen) atoms. The normalized spacial score (nSPS) is 17.8. The molecule has 0 bridgehead atoms. The van der Waals surface area contributed by atoms with Gasteiger partial charge in [-0.3, -0.25) is 0 Å². The highest BCUT2D eigenvalue weighted by atomic mass is 32.2. The van der Waals surface area contributed by atoms with E-state index in [1.165, 1.54) is 31.7 Å². The Morgan fingerprint density at radius 1 is 1.47 bits per heavy atom. The van der Waals surface area contributed by atoms with Crippen LogP contribution in [0.4, 0.5) is 4.39 Å². The number of rotatable bonds is 6. The molecule has 94 valence electrons. The van der Waals surface area contributed by atoms with Crippen LogP contribution in [-0.4, -0.2) is 18.8 Å². The monoisotopic (exact) mass is 253 g/mol. The summed E-state index contributed by atoms with van der Waals surface area (Å²) < 4.78 is 13.0. The molecule has 0 heterocycles. The molecule has 1 N–H and O–H groups in total. The maximum atomic E-state index is 13.0. The first-order valence-electron chi connectivity index (χ1n) is 6.33. The van der Waals surface area contributed by atoms with E-state index >= 15 is 0 Å². The van der Waals surface area contributed by atoms with Crippen LogP contribution in [0.1, 0.15) is 25.7 Å². The van der Waals surface area contributed by atoms with Crippen LogP contribution in [0.5, 0.6) is 0 Å². The van der Waals surface area contributed by atoms with Gasteiger partial charge in [0.25, 0.3) is 0 Å². The zero-order chi connectivity index (χ0) is 12.1. The SMILES string of the molecule is CNC(CSc1cccc(F)c1)CC1CCC1. The summed E-state index contributed by atoms with van der Waals surface area (Å²) in [5.41, 5.74) is 0. The van der Waals surface area contributed by atoms with E-state index in [0.717, 1.165) is 16.6 Å². The van der Waals surface area contributed by atoms with Gasteiger partial charge in [-0.25, -0.2) is 4.39 Å². The van der Waals surface area contributed by atoms with Gasteiger partial charge < -0.3 is 5.32 Å². The van der Waals surface area contributed by atoms with Gasteiger partial charge in [-0.2, -0.15) is 0 Å². The Balaban J connectivity index is 1.78. The smallest absolute Gasteiger partial charge is 0.124 e. The number of hydrogen-bond donors (Lipinski definition) is 1. The minimum Gasteiger partial charge on any atom is -0.316 e. The second-order valence-corrected chi connectivity index (χ2v) is 5.88. The van der Waals surface area contributed by atoms with Crippen molar-refractivity contribution in [2.24, 2.45) is 5.92 Å². The quantitative estimate of drug-likeness (QED) is 0.776. The van der Waals surface area contributed by atoms with Crippen molar-refractivity contribution in [1.82, 2.24) is 5.32 Å². The summed E-state index contributed by atoms with van der Waals surface area (Å²) in [6.45, 7) is 0. The summed E-state index contributed by atoms with van der Waals surface area (Å²) >= 11 is 1.74. The lowest BCUT2D eigenvalue weighted by molar-refractivity contribution is 0.272. The molecule has 0 spiro atoms. The van der Waals surface area contributed by atoms with Gasteiger partial charge in [0.05, 0.1) is 0 Å². The van der Waals surface area contributed by atoms with Crippen LogP contribution < -0.4 is 5.32 Å². The average Bonchev–Trinajstić information content (AvgIpc) is 2.27. The van der Waals surface area contributed by atoms with Crippen molar-refractivity contribution in [1.29, 1.82) is 0 Å². The fourth-order valence-electron chi connectivity index (χ4n) is 2.15. The Bertz CT molecular complexity index is 352. The Morgan fingerprint density at radius 2 is 2.29 bits per heavy atom. The highest BCUT2D eigenvalue weighted by Gasteiger charge is 2.21. The molecule has 1 nitrogen and oxygen atoms in total. The van der Waals surface area contributed by atoms with Crippen molar-refractivity contribution in [3.8, 4) is 0 Å². The first-order chi connectivity index (χ1) is 8.28. The van der Waals surface area contributed by atoms with Crippen LogP contribution in [0.15, 0.2) is 29.2 Å². The first-order valence-corrected chi connectivity index (χ1v) is 7.32. The Kier molecular flexibility index (Phi) is 4.86. The molecule has 1 aromatic carbocycles. The number of halogens is 1. The van der Waals surface area contributed by atoms with Crippen molar-refractivity contribution in [2.45, 2.75) is 36.6 Å². The van der Waals surface area contributed by atoms with Gasteiger partial charge in [0.1, 0.15) is 5.82 Å². The molecule has 0 aliphatic heterocycles. The standard InChI is InChI=1S/C14H20FNS/c1-16-13(8-11-4-2-5-11)10-17-14-7-3-6-12(15)9-14/h3,6-7,9,11,13,16H,2,4-5,8,10H2,1H3. The van der Waals surface area contributed by atoms with E-state index in [-0.39, 0.29) is 5.82 Å². The van der Waals surface area contributed by atoms with Gasteiger partial charge >= 0.3 is 0 Å². The molecule has 3 heteroatoms. The number of nitrogens with one attached hydrogen (secondary N) is 1. The molecular formula is C14H20FNS. The maximum absolute atomic E-state index is 13.0.